The van der Waals surface area contributed by atoms with Crippen LogP contribution in [0.25, 0.3) is 0 Å². The lowest BCUT2D eigenvalue weighted by atomic mass is 10.2. The molecule has 2 rings (SSSR count). The number of nitrogens with two attached hydrogens (primary N) is 1. The number of para-hydroxylation sites is 1. The molecule has 106 valence electrons. The first-order valence-corrected chi connectivity index (χ1v) is 7.86. The van der Waals surface area contributed by atoms with E-state index >= 15 is 0 Å². The van der Waals surface area contributed by atoms with Crippen LogP contribution in [0.1, 0.15) is 0 Å². The van der Waals surface area contributed by atoms with Crippen LogP contribution < -0.4 is 11.1 Å². The molecule has 0 saturated carbocycles. The van der Waals surface area contributed by atoms with Crippen LogP contribution in [-0.2, 0) is 9.84 Å². The number of nitrogens with one attached hydrogen (secondary N) is 1. The molecular formula is C13H12ClFN2O2S. The molecule has 3 N–H and O–H groups in total. The molecule has 0 heterocycles. The van der Waals surface area contributed by atoms with Crippen LogP contribution in [0.5, 0.6) is 0 Å². The van der Waals surface area contributed by atoms with Crippen LogP contribution in [0.2, 0.25) is 5.02 Å². The van der Waals surface area contributed by atoms with Crippen LogP contribution in [0.4, 0.5) is 21.5 Å². The molecule has 0 radical (unpaired) electrons. The number of anilines is 3. The van der Waals surface area contributed by atoms with Crippen molar-refractivity contribution >= 4 is 38.5 Å². The Kier molecular flexibility index (Phi) is 3.87. The number of hydrogen-bond donors (Lipinski definition) is 2. The standard InChI is InChI=1S/C13H12ClFN2O2S/c1-20(18,19)8-5-6-12(11(16)7-8)17-13-9(14)3-2-4-10(13)15/h2-7,17H,16H2,1H3. The molecule has 0 aliphatic carbocycles. The summed E-state index contributed by atoms with van der Waals surface area (Å²) < 4.78 is 36.5. The highest BCUT2D eigenvalue weighted by molar-refractivity contribution is 7.90. The zero-order chi connectivity index (χ0) is 14.9. The molecule has 4 nitrogen and oxygen atoms in total. The molecule has 0 aliphatic rings. The van der Waals surface area contributed by atoms with Crippen molar-refractivity contribution in [1.29, 1.82) is 0 Å². The first-order chi connectivity index (χ1) is 9.29. The van der Waals surface area contributed by atoms with Crippen molar-refractivity contribution in [2.45, 2.75) is 4.90 Å². The van der Waals surface area contributed by atoms with E-state index in [0.717, 1.165) is 6.26 Å². The maximum Gasteiger partial charge on any atom is 0.175 e. The summed E-state index contributed by atoms with van der Waals surface area (Å²) in [5, 5.41) is 2.97. The molecule has 2 aromatic carbocycles. The Morgan fingerprint density at radius 2 is 1.95 bits per heavy atom. The minimum absolute atomic E-state index is 0.0907. The number of halogens is 2. The number of nitrogen functional groups attached to an aromatic ring is 1. The second-order valence-electron chi connectivity index (χ2n) is 4.24. The molecular weight excluding hydrogens is 303 g/mol. The second-order valence-corrected chi connectivity index (χ2v) is 6.67. The lowest BCUT2D eigenvalue weighted by molar-refractivity contribution is 0.602. The van der Waals surface area contributed by atoms with Gasteiger partial charge in [0.05, 0.1) is 27.0 Å². The van der Waals surface area contributed by atoms with Crippen LogP contribution in [-0.4, -0.2) is 14.7 Å². The summed E-state index contributed by atoms with van der Waals surface area (Å²) >= 11 is 5.90. The third-order valence-corrected chi connectivity index (χ3v) is 4.10. The zero-order valence-corrected chi connectivity index (χ0v) is 12.1. The first kappa shape index (κ1) is 14.6. The highest BCUT2D eigenvalue weighted by atomic mass is 35.5. The van der Waals surface area contributed by atoms with Gasteiger partial charge in [-0.05, 0) is 30.3 Å². The van der Waals surface area contributed by atoms with Crippen LogP contribution in [0, 0.1) is 5.82 Å². The molecule has 0 amide bonds. The third-order valence-electron chi connectivity index (χ3n) is 2.67. The molecule has 0 aliphatic heterocycles. The van der Waals surface area contributed by atoms with Crippen molar-refractivity contribution in [3.05, 3.63) is 47.2 Å². The fourth-order valence-electron chi connectivity index (χ4n) is 1.64. The average Bonchev–Trinajstić information content (AvgIpc) is 2.34. The second kappa shape index (κ2) is 5.30. The summed E-state index contributed by atoms with van der Waals surface area (Å²) in [5.74, 6) is -0.524. The normalized spacial score (nSPS) is 11.3. The van der Waals surface area contributed by atoms with Gasteiger partial charge in [-0.2, -0.15) is 0 Å². The number of hydrogen-bond acceptors (Lipinski definition) is 4. The molecule has 7 heteroatoms. The minimum atomic E-state index is -3.34. The van der Waals surface area contributed by atoms with Gasteiger partial charge < -0.3 is 11.1 Å². The quantitative estimate of drug-likeness (QED) is 0.853. The predicted molar refractivity (Wildman–Crippen MR) is 78.7 cm³/mol. The highest BCUT2D eigenvalue weighted by Gasteiger charge is 2.12. The summed E-state index contributed by atoms with van der Waals surface area (Å²) in [6, 6.07) is 8.45. The Morgan fingerprint density at radius 3 is 2.50 bits per heavy atom. The van der Waals surface area contributed by atoms with Crippen molar-refractivity contribution in [1.82, 2.24) is 0 Å². The average molecular weight is 315 g/mol. The van der Waals surface area contributed by atoms with Gasteiger partial charge in [-0.15, -0.1) is 0 Å². The molecule has 0 saturated heterocycles. The molecule has 0 fully saturated rings. The topological polar surface area (TPSA) is 72.2 Å². The maximum absolute atomic E-state index is 13.7. The number of rotatable bonds is 3. The van der Waals surface area contributed by atoms with E-state index in [1.165, 1.54) is 36.4 Å². The molecule has 0 spiro atoms. The van der Waals surface area contributed by atoms with E-state index in [0.29, 0.717) is 5.69 Å². The molecule has 0 aromatic heterocycles. The highest BCUT2D eigenvalue weighted by Crippen LogP contribution is 2.31. The van der Waals surface area contributed by atoms with Crippen LogP contribution >= 0.6 is 11.6 Å². The first-order valence-electron chi connectivity index (χ1n) is 5.59. The summed E-state index contributed by atoms with van der Waals surface area (Å²) in [4.78, 5) is 0.0974. The van der Waals surface area contributed by atoms with Crippen molar-refractivity contribution in [2.24, 2.45) is 0 Å². The van der Waals surface area contributed by atoms with Crippen molar-refractivity contribution < 1.29 is 12.8 Å². The van der Waals surface area contributed by atoms with Gasteiger partial charge in [-0.25, -0.2) is 12.8 Å². The molecule has 0 bridgehead atoms. The van der Waals surface area contributed by atoms with Gasteiger partial charge >= 0.3 is 0 Å². The monoisotopic (exact) mass is 314 g/mol. The summed E-state index contributed by atoms with van der Waals surface area (Å²) in [6.07, 6.45) is 1.09. The fourth-order valence-corrected chi connectivity index (χ4v) is 2.50. The summed E-state index contributed by atoms with van der Waals surface area (Å²) in [6.45, 7) is 0. The van der Waals surface area contributed by atoms with E-state index in [9.17, 15) is 12.8 Å². The van der Waals surface area contributed by atoms with Gasteiger partial charge in [0.15, 0.2) is 9.84 Å². The molecule has 20 heavy (non-hydrogen) atoms. The van der Waals surface area contributed by atoms with Gasteiger partial charge in [0, 0.05) is 6.26 Å². The van der Waals surface area contributed by atoms with E-state index in [1.807, 2.05) is 0 Å². The summed E-state index contributed by atoms with van der Waals surface area (Å²) in [7, 11) is -3.34. The van der Waals surface area contributed by atoms with E-state index in [1.54, 1.807) is 0 Å². The third kappa shape index (κ3) is 3.02. The largest absolute Gasteiger partial charge is 0.397 e. The van der Waals surface area contributed by atoms with Crippen molar-refractivity contribution in [3.63, 3.8) is 0 Å². The molecule has 2 aromatic rings. The van der Waals surface area contributed by atoms with Gasteiger partial charge in [0.2, 0.25) is 0 Å². The summed E-state index contributed by atoms with van der Waals surface area (Å²) in [5.41, 5.74) is 6.43. The fraction of sp³-hybridized carbons (Fsp3) is 0.0769. The SMILES string of the molecule is CS(=O)(=O)c1ccc(Nc2c(F)cccc2Cl)c(N)c1. The minimum Gasteiger partial charge on any atom is -0.397 e. The predicted octanol–water partition coefficient (Wildman–Crippen LogP) is 3.21. The Hall–Kier alpha value is -1.79. The molecule has 0 unspecified atom stereocenters. The van der Waals surface area contributed by atoms with Gasteiger partial charge in [-0.3, -0.25) is 0 Å². The zero-order valence-electron chi connectivity index (χ0n) is 10.5. The van der Waals surface area contributed by atoms with E-state index in [-0.39, 0.29) is 21.3 Å². The lowest BCUT2D eigenvalue weighted by Crippen LogP contribution is -2.02. The van der Waals surface area contributed by atoms with Crippen LogP contribution in [0.3, 0.4) is 0 Å². The van der Waals surface area contributed by atoms with Gasteiger partial charge in [0.1, 0.15) is 5.82 Å². The molecule has 0 atom stereocenters. The van der Waals surface area contributed by atoms with Crippen molar-refractivity contribution in [2.75, 3.05) is 17.3 Å². The lowest BCUT2D eigenvalue weighted by Gasteiger charge is -2.12. The maximum atomic E-state index is 13.7. The smallest absolute Gasteiger partial charge is 0.175 e. The van der Waals surface area contributed by atoms with Crippen molar-refractivity contribution in [3.8, 4) is 0 Å². The van der Waals surface area contributed by atoms with E-state index in [2.05, 4.69) is 5.32 Å². The number of sulfone groups is 1. The van der Waals surface area contributed by atoms with Crippen LogP contribution in [0.15, 0.2) is 41.3 Å². The Labute approximate surface area is 121 Å². The van der Waals surface area contributed by atoms with Gasteiger partial charge in [0.25, 0.3) is 0 Å². The Bertz CT molecular complexity index is 743. The van der Waals surface area contributed by atoms with E-state index in [4.69, 9.17) is 17.3 Å². The number of benzene rings is 2. The van der Waals surface area contributed by atoms with Gasteiger partial charge in [-0.1, -0.05) is 17.7 Å². The Morgan fingerprint density at radius 1 is 1.25 bits per heavy atom. The van der Waals surface area contributed by atoms with E-state index < -0.39 is 15.7 Å². The Balaban J connectivity index is 2.41.